The smallest absolute Gasteiger partial charge is 0.289 e. The molecule has 1 aromatic carbocycles. The molecule has 94 valence electrons. The first kappa shape index (κ1) is 13.4. The molecule has 0 atom stereocenters. The molecule has 1 aromatic rings. The van der Waals surface area contributed by atoms with Gasteiger partial charge in [0.2, 0.25) is 0 Å². The summed E-state index contributed by atoms with van der Waals surface area (Å²) in [6.07, 6.45) is -0.954. The highest BCUT2D eigenvalue weighted by atomic mass is 19.1. The van der Waals surface area contributed by atoms with Gasteiger partial charge < -0.3 is 0 Å². The lowest BCUT2D eigenvalue weighted by molar-refractivity contribution is -0.297. The van der Waals surface area contributed by atoms with E-state index in [0.717, 1.165) is 12.1 Å². The van der Waals surface area contributed by atoms with Crippen molar-refractivity contribution in [1.29, 1.82) is 0 Å². The van der Waals surface area contributed by atoms with E-state index in [1.165, 1.54) is 0 Å². The third-order valence-corrected chi connectivity index (χ3v) is 1.48. The molecule has 0 fully saturated rings. The zero-order chi connectivity index (χ0) is 13.1. The molecule has 0 saturated carbocycles. The van der Waals surface area contributed by atoms with Crippen LogP contribution in [-0.2, 0) is 9.78 Å². The van der Waals surface area contributed by atoms with E-state index in [2.05, 4.69) is 10.2 Å². The molecule has 0 aliphatic carbocycles. The molecule has 0 radical (unpaired) electrons. The fourth-order valence-corrected chi connectivity index (χ4v) is 0.928. The van der Waals surface area contributed by atoms with Crippen LogP contribution in [0.4, 0.5) is 19.3 Å². The van der Waals surface area contributed by atoms with Crippen molar-refractivity contribution in [3.63, 3.8) is 0 Å². The number of amides is 1. The predicted octanol–water partition coefficient (Wildman–Crippen LogP) is 3.24. The second kappa shape index (κ2) is 5.09. The summed E-state index contributed by atoms with van der Waals surface area (Å²) in [4.78, 5) is 20.3. The lowest BCUT2D eigenvalue weighted by atomic mass is 10.2. The van der Waals surface area contributed by atoms with Gasteiger partial charge in [0.15, 0.2) is 0 Å². The van der Waals surface area contributed by atoms with Crippen LogP contribution in [0.5, 0.6) is 0 Å². The summed E-state index contributed by atoms with van der Waals surface area (Å²) in [7, 11) is 0. The van der Waals surface area contributed by atoms with Gasteiger partial charge in [-0.15, -0.1) is 0 Å². The maximum absolute atomic E-state index is 12.8. The van der Waals surface area contributed by atoms with Gasteiger partial charge in [0.05, 0.1) is 0 Å². The quantitative estimate of drug-likeness (QED) is 0.642. The molecule has 0 heterocycles. The molecular weight excluding hydrogens is 232 g/mol. The fraction of sp³-hybridized carbons (Fsp3) is 0.364. The molecule has 0 spiro atoms. The van der Waals surface area contributed by atoms with Crippen LogP contribution in [0, 0.1) is 11.6 Å². The number of carbonyl (C=O) groups is 1. The summed E-state index contributed by atoms with van der Waals surface area (Å²) in [6.45, 7) is 5.05. The van der Waals surface area contributed by atoms with E-state index in [-0.39, 0.29) is 5.69 Å². The zero-order valence-electron chi connectivity index (χ0n) is 9.71. The summed E-state index contributed by atoms with van der Waals surface area (Å²) in [5.74, 6) is -1.59. The lowest BCUT2D eigenvalue weighted by Gasteiger charge is -2.16. The average Bonchev–Trinajstić information content (AvgIpc) is 2.11. The number of anilines is 1. The second-order valence-electron chi connectivity index (χ2n) is 4.35. The Kier molecular flexibility index (Phi) is 4.01. The van der Waals surface area contributed by atoms with Gasteiger partial charge >= 0.3 is 6.09 Å². The number of hydrogen-bond acceptors (Lipinski definition) is 3. The molecule has 0 aliphatic heterocycles. The Morgan fingerprint density at radius 3 is 2.18 bits per heavy atom. The van der Waals surface area contributed by atoms with E-state index < -0.39 is 23.3 Å². The molecule has 0 bridgehead atoms. The minimum atomic E-state index is -0.954. The standard InChI is InChI=1S/C11H13F2NO3/c1-11(2,3)17-16-10(15)14-9-5-7(12)4-8(13)6-9/h4-6H,1-3H3,(H,14,15). The first-order chi connectivity index (χ1) is 7.76. The van der Waals surface area contributed by atoms with Gasteiger partial charge in [-0.25, -0.2) is 13.6 Å². The van der Waals surface area contributed by atoms with Crippen LogP contribution in [0.1, 0.15) is 20.8 Å². The van der Waals surface area contributed by atoms with Gasteiger partial charge in [-0.3, -0.25) is 10.2 Å². The van der Waals surface area contributed by atoms with Crippen molar-refractivity contribution in [1.82, 2.24) is 0 Å². The van der Waals surface area contributed by atoms with Crippen LogP contribution in [0.15, 0.2) is 18.2 Å². The van der Waals surface area contributed by atoms with Crippen molar-refractivity contribution in [3.8, 4) is 0 Å². The highest BCUT2D eigenvalue weighted by Gasteiger charge is 2.15. The van der Waals surface area contributed by atoms with E-state index in [0.29, 0.717) is 6.07 Å². The van der Waals surface area contributed by atoms with E-state index in [9.17, 15) is 13.6 Å². The van der Waals surface area contributed by atoms with Gasteiger partial charge in [0.25, 0.3) is 0 Å². The third-order valence-electron chi connectivity index (χ3n) is 1.48. The lowest BCUT2D eigenvalue weighted by Crippen LogP contribution is -2.24. The van der Waals surface area contributed by atoms with Crippen molar-refractivity contribution in [2.24, 2.45) is 0 Å². The van der Waals surface area contributed by atoms with Crippen molar-refractivity contribution in [2.45, 2.75) is 26.4 Å². The monoisotopic (exact) mass is 245 g/mol. The summed E-state index contributed by atoms with van der Waals surface area (Å²) >= 11 is 0. The molecule has 1 rings (SSSR count). The second-order valence-corrected chi connectivity index (χ2v) is 4.35. The van der Waals surface area contributed by atoms with E-state index in [4.69, 9.17) is 4.89 Å². The molecule has 1 N–H and O–H groups in total. The van der Waals surface area contributed by atoms with Crippen LogP contribution >= 0.6 is 0 Å². The number of benzene rings is 1. The number of hydrogen-bond donors (Lipinski definition) is 1. The zero-order valence-corrected chi connectivity index (χ0v) is 9.71. The Labute approximate surface area is 97.5 Å². The Hall–Kier alpha value is -1.69. The minimum Gasteiger partial charge on any atom is -0.289 e. The SMILES string of the molecule is CC(C)(C)OOC(=O)Nc1cc(F)cc(F)c1. The fourth-order valence-electron chi connectivity index (χ4n) is 0.928. The van der Waals surface area contributed by atoms with Gasteiger partial charge in [-0.1, -0.05) is 0 Å². The summed E-state index contributed by atoms with van der Waals surface area (Å²) in [6, 6.07) is 2.62. The highest BCUT2D eigenvalue weighted by molar-refractivity contribution is 5.84. The van der Waals surface area contributed by atoms with Crippen LogP contribution in [0.25, 0.3) is 0 Å². The molecule has 0 saturated heterocycles. The summed E-state index contributed by atoms with van der Waals surface area (Å²) in [5.41, 5.74) is -0.713. The molecule has 1 amide bonds. The van der Waals surface area contributed by atoms with E-state index >= 15 is 0 Å². The minimum absolute atomic E-state index is 0.0509. The average molecular weight is 245 g/mol. The maximum atomic E-state index is 12.8. The molecule has 17 heavy (non-hydrogen) atoms. The van der Waals surface area contributed by atoms with Crippen molar-refractivity contribution in [3.05, 3.63) is 29.8 Å². The Morgan fingerprint density at radius 1 is 1.18 bits per heavy atom. The molecular formula is C11H13F2NO3. The highest BCUT2D eigenvalue weighted by Crippen LogP contribution is 2.14. The normalized spacial score (nSPS) is 11.1. The van der Waals surface area contributed by atoms with Crippen molar-refractivity contribution < 1.29 is 23.4 Å². The third kappa shape index (κ3) is 5.26. The van der Waals surface area contributed by atoms with Gasteiger partial charge in [-0.2, -0.15) is 4.89 Å². The van der Waals surface area contributed by atoms with E-state index in [1.807, 2.05) is 0 Å². The van der Waals surface area contributed by atoms with Crippen molar-refractivity contribution >= 4 is 11.8 Å². The summed E-state index contributed by atoms with van der Waals surface area (Å²) < 4.78 is 25.6. The Morgan fingerprint density at radius 2 is 1.71 bits per heavy atom. The first-order valence-corrected chi connectivity index (χ1v) is 4.89. The van der Waals surface area contributed by atoms with Gasteiger partial charge in [-0.05, 0) is 32.9 Å². The molecule has 6 heteroatoms. The maximum Gasteiger partial charge on any atom is 0.443 e. The molecule has 4 nitrogen and oxygen atoms in total. The topological polar surface area (TPSA) is 47.6 Å². The summed E-state index contributed by atoms with van der Waals surface area (Å²) in [5, 5.41) is 2.13. The largest absolute Gasteiger partial charge is 0.443 e. The predicted molar refractivity (Wildman–Crippen MR) is 57.3 cm³/mol. The van der Waals surface area contributed by atoms with Crippen LogP contribution in [-0.4, -0.2) is 11.7 Å². The van der Waals surface area contributed by atoms with Gasteiger partial charge in [0.1, 0.15) is 17.2 Å². The number of rotatable bonds is 2. The molecule has 0 aromatic heterocycles. The molecule has 0 unspecified atom stereocenters. The Bertz CT molecular complexity index is 395. The first-order valence-electron chi connectivity index (χ1n) is 4.89. The molecule has 0 aliphatic rings. The number of nitrogens with one attached hydrogen (secondary N) is 1. The number of halogens is 2. The van der Waals surface area contributed by atoms with Crippen LogP contribution in [0.2, 0.25) is 0 Å². The van der Waals surface area contributed by atoms with Crippen LogP contribution in [0.3, 0.4) is 0 Å². The van der Waals surface area contributed by atoms with E-state index in [1.54, 1.807) is 20.8 Å². The van der Waals surface area contributed by atoms with Crippen LogP contribution < -0.4 is 5.32 Å². The number of carbonyl (C=O) groups excluding carboxylic acids is 1. The van der Waals surface area contributed by atoms with Crippen molar-refractivity contribution in [2.75, 3.05) is 5.32 Å². The Balaban J connectivity index is 2.56. The van der Waals surface area contributed by atoms with Gasteiger partial charge in [0, 0.05) is 11.8 Å².